The van der Waals surface area contributed by atoms with Crippen molar-refractivity contribution < 1.29 is 19.6 Å². The second-order valence-electron chi connectivity index (χ2n) is 12.0. The third-order valence-electron chi connectivity index (χ3n) is 9.16. The van der Waals surface area contributed by atoms with E-state index in [1.54, 1.807) is 12.1 Å². The molecule has 46 heavy (non-hydrogen) atoms. The molecule has 2 fully saturated rings. The molecule has 2 aliphatic rings. The molecule has 0 radical (unpaired) electrons. The summed E-state index contributed by atoms with van der Waals surface area (Å²) < 4.78 is 5.32. The summed E-state index contributed by atoms with van der Waals surface area (Å²) in [6.45, 7) is 2.22. The number of carbonyl (C=O) groups excluding carboxylic acids is 1. The van der Waals surface area contributed by atoms with Gasteiger partial charge in [-0.2, -0.15) is 0 Å². The lowest BCUT2D eigenvalue weighted by atomic mass is 9.84. The zero-order valence-electron chi connectivity index (χ0n) is 25.7. The van der Waals surface area contributed by atoms with Crippen LogP contribution in [0.3, 0.4) is 0 Å². The molecular formula is C37H39N3O5S. The molecule has 2 saturated heterocycles. The standard InChI is InChI=1S/C37H39N3O5S/c41-26-33-17-10-22-38(33)24-34-23-35(25-39(34)36(42)45-27-28-18-20-32(21-19-28)40(43)44)46-37(29-11-4-1-5-12-29,30-13-6-2-7-14-30)31-15-8-3-9-16-31/h1-9,11-16,18-21,33-35,41H,10,17,22-27H2/t33-,34-,35-/m0/s1. The van der Waals surface area contributed by atoms with Crippen LogP contribution in [-0.2, 0) is 16.1 Å². The molecule has 9 heteroatoms. The summed E-state index contributed by atoms with van der Waals surface area (Å²) in [7, 11) is 0. The maximum Gasteiger partial charge on any atom is 0.410 e. The minimum atomic E-state index is -0.515. The van der Waals surface area contributed by atoms with E-state index >= 15 is 0 Å². The number of rotatable bonds is 11. The Morgan fingerprint density at radius 3 is 1.96 bits per heavy atom. The van der Waals surface area contributed by atoms with E-state index in [1.807, 2.05) is 34.9 Å². The number of ether oxygens (including phenoxy) is 1. The van der Waals surface area contributed by atoms with Crippen LogP contribution in [-0.4, -0.2) is 69.5 Å². The molecule has 238 valence electrons. The second-order valence-corrected chi connectivity index (χ2v) is 13.5. The van der Waals surface area contributed by atoms with Crippen LogP contribution in [0, 0.1) is 10.1 Å². The lowest BCUT2D eigenvalue weighted by Gasteiger charge is -2.37. The quantitative estimate of drug-likeness (QED) is 0.109. The smallest absolute Gasteiger partial charge is 0.410 e. The van der Waals surface area contributed by atoms with Gasteiger partial charge < -0.3 is 14.7 Å². The summed E-state index contributed by atoms with van der Waals surface area (Å²) in [6, 6.07) is 37.8. The molecular weight excluding hydrogens is 598 g/mol. The Morgan fingerprint density at radius 1 is 0.870 bits per heavy atom. The summed E-state index contributed by atoms with van der Waals surface area (Å²) in [5.41, 5.74) is 4.21. The summed E-state index contributed by atoms with van der Waals surface area (Å²) in [5, 5.41) is 21.2. The average Bonchev–Trinajstić information content (AvgIpc) is 3.73. The molecule has 1 N–H and O–H groups in total. The van der Waals surface area contributed by atoms with Gasteiger partial charge in [0, 0.05) is 42.6 Å². The van der Waals surface area contributed by atoms with Gasteiger partial charge in [0.05, 0.1) is 16.3 Å². The van der Waals surface area contributed by atoms with Gasteiger partial charge in [0.1, 0.15) is 6.61 Å². The normalized spacial score (nSPS) is 20.1. The molecule has 2 heterocycles. The minimum absolute atomic E-state index is 0.00247. The van der Waals surface area contributed by atoms with Crippen LogP contribution < -0.4 is 0 Å². The van der Waals surface area contributed by atoms with Crippen LogP contribution >= 0.6 is 11.8 Å². The first-order chi connectivity index (χ1) is 22.5. The van der Waals surface area contributed by atoms with E-state index in [9.17, 15) is 20.0 Å². The van der Waals surface area contributed by atoms with E-state index in [0.29, 0.717) is 18.7 Å². The molecule has 6 rings (SSSR count). The Bertz CT molecular complexity index is 1490. The van der Waals surface area contributed by atoms with Crippen LogP contribution in [0.15, 0.2) is 115 Å². The third-order valence-corrected chi connectivity index (χ3v) is 10.9. The van der Waals surface area contributed by atoms with Gasteiger partial charge in [0.2, 0.25) is 0 Å². The van der Waals surface area contributed by atoms with Crippen molar-refractivity contribution in [2.75, 3.05) is 26.2 Å². The van der Waals surface area contributed by atoms with E-state index in [4.69, 9.17) is 4.74 Å². The predicted octanol–water partition coefficient (Wildman–Crippen LogP) is 6.86. The van der Waals surface area contributed by atoms with Gasteiger partial charge in [-0.05, 0) is 60.2 Å². The largest absolute Gasteiger partial charge is 0.445 e. The first kappa shape index (κ1) is 31.8. The van der Waals surface area contributed by atoms with Crippen molar-refractivity contribution in [2.45, 2.75) is 47.9 Å². The van der Waals surface area contributed by atoms with Gasteiger partial charge in [-0.3, -0.25) is 15.0 Å². The lowest BCUT2D eigenvalue weighted by Crippen LogP contribution is -2.45. The van der Waals surface area contributed by atoms with Crippen LogP contribution in [0.5, 0.6) is 0 Å². The van der Waals surface area contributed by atoms with E-state index in [-0.39, 0.29) is 36.2 Å². The SMILES string of the molecule is O=C(OCc1ccc([N+](=O)[O-])cc1)N1C[C@@H](SC(c2ccccc2)(c2ccccc2)c2ccccc2)C[C@H]1CN1CCC[C@H]1CO. The molecule has 2 aliphatic heterocycles. The number of aliphatic hydroxyl groups is 1. The number of nitro groups is 1. The minimum Gasteiger partial charge on any atom is -0.445 e. The van der Waals surface area contributed by atoms with Gasteiger partial charge in [-0.25, -0.2) is 4.79 Å². The van der Waals surface area contributed by atoms with Crippen molar-refractivity contribution in [3.8, 4) is 0 Å². The van der Waals surface area contributed by atoms with E-state index in [1.165, 1.54) is 28.8 Å². The van der Waals surface area contributed by atoms with Crippen LogP contribution in [0.25, 0.3) is 0 Å². The van der Waals surface area contributed by atoms with Crippen molar-refractivity contribution in [2.24, 2.45) is 0 Å². The van der Waals surface area contributed by atoms with Gasteiger partial charge in [0.25, 0.3) is 5.69 Å². The van der Waals surface area contributed by atoms with Crippen LogP contribution in [0.4, 0.5) is 10.5 Å². The highest BCUT2D eigenvalue weighted by molar-refractivity contribution is 8.01. The van der Waals surface area contributed by atoms with Gasteiger partial charge in [-0.1, -0.05) is 91.0 Å². The monoisotopic (exact) mass is 637 g/mol. The number of likely N-dealkylation sites (tertiary alicyclic amines) is 2. The highest BCUT2D eigenvalue weighted by Gasteiger charge is 2.45. The number of nitro benzene ring substituents is 1. The van der Waals surface area contributed by atoms with E-state index in [2.05, 4.69) is 77.7 Å². The fourth-order valence-corrected chi connectivity index (χ4v) is 8.75. The molecule has 0 unspecified atom stereocenters. The Hall–Kier alpha value is -4.18. The molecule has 8 nitrogen and oxygen atoms in total. The number of aliphatic hydroxyl groups excluding tert-OH is 1. The molecule has 0 aliphatic carbocycles. The maximum absolute atomic E-state index is 13.8. The highest BCUT2D eigenvalue weighted by atomic mass is 32.2. The van der Waals surface area contributed by atoms with Crippen molar-refractivity contribution in [1.82, 2.24) is 9.80 Å². The summed E-state index contributed by atoms with van der Waals surface area (Å²) in [4.78, 5) is 28.6. The van der Waals surface area contributed by atoms with Gasteiger partial charge >= 0.3 is 6.09 Å². The first-order valence-electron chi connectivity index (χ1n) is 15.8. The summed E-state index contributed by atoms with van der Waals surface area (Å²) in [5.74, 6) is 0. The third kappa shape index (κ3) is 6.82. The van der Waals surface area contributed by atoms with E-state index < -0.39 is 15.8 Å². The van der Waals surface area contributed by atoms with Gasteiger partial charge in [0.15, 0.2) is 0 Å². The van der Waals surface area contributed by atoms with Gasteiger partial charge in [-0.15, -0.1) is 11.8 Å². The Morgan fingerprint density at radius 2 is 1.43 bits per heavy atom. The molecule has 4 aromatic carbocycles. The number of carbonyl (C=O) groups is 1. The first-order valence-corrected chi connectivity index (χ1v) is 16.7. The number of thioether (sulfide) groups is 1. The number of benzene rings is 4. The Labute approximate surface area is 274 Å². The average molecular weight is 638 g/mol. The molecule has 3 atom stereocenters. The fourth-order valence-electron chi connectivity index (χ4n) is 6.88. The number of hydrogen-bond acceptors (Lipinski definition) is 7. The predicted molar refractivity (Wildman–Crippen MR) is 181 cm³/mol. The highest BCUT2D eigenvalue weighted by Crippen LogP contribution is 2.52. The number of nitrogens with zero attached hydrogens (tertiary/aromatic N) is 3. The molecule has 0 saturated carbocycles. The van der Waals surface area contributed by atoms with Crippen molar-refractivity contribution >= 4 is 23.5 Å². The summed E-state index contributed by atoms with van der Waals surface area (Å²) in [6.07, 6.45) is 2.36. The Balaban J connectivity index is 1.30. The van der Waals surface area contributed by atoms with E-state index in [0.717, 1.165) is 25.8 Å². The maximum atomic E-state index is 13.8. The van der Waals surface area contributed by atoms with Crippen molar-refractivity contribution in [3.63, 3.8) is 0 Å². The Kier molecular flexibility index (Phi) is 10.0. The zero-order valence-corrected chi connectivity index (χ0v) is 26.5. The topological polar surface area (TPSA) is 96.1 Å². The van der Waals surface area contributed by atoms with Crippen molar-refractivity contribution in [1.29, 1.82) is 0 Å². The molecule has 0 spiro atoms. The number of amides is 1. The molecule has 0 bridgehead atoms. The molecule has 4 aromatic rings. The fraction of sp³-hybridized carbons (Fsp3) is 0.324. The number of hydrogen-bond donors (Lipinski definition) is 1. The lowest BCUT2D eigenvalue weighted by molar-refractivity contribution is -0.384. The summed E-state index contributed by atoms with van der Waals surface area (Å²) >= 11 is 1.89. The number of non-ortho nitro benzene ring substituents is 1. The molecule has 1 amide bonds. The van der Waals surface area contributed by atoms with Crippen molar-refractivity contribution in [3.05, 3.63) is 148 Å². The van der Waals surface area contributed by atoms with Crippen LogP contribution in [0.1, 0.15) is 41.5 Å². The molecule has 0 aromatic heterocycles. The zero-order chi connectivity index (χ0) is 31.9. The van der Waals surface area contributed by atoms with Crippen LogP contribution in [0.2, 0.25) is 0 Å². The second kappa shape index (κ2) is 14.5.